The molecule has 1 N–H and O–H groups in total. The lowest BCUT2D eigenvalue weighted by molar-refractivity contribution is -0.116. The van der Waals surface area contributed by atoms with E-state index >= 15 is 0 Å². The molecule has 1 aliphatic heterocycles. The number of benzene rings is 2. The van der Waals surface area contributed by atoms with E-state index in [1.54, 1.807) is 7.11 Å². The van der Waals surface area contributed by atoms with Crippen molar-refractivity contribution in [2.45, 2.75) is 39.5 Å². The van der Waals surface area contributed by atoms with Crippen molar-refractivity contribution in [1.29, 1.82) is 0 Å². The van der Waals surface area contributed by atoms with E-state index in [-0.39, 0.29) is 5.91 Å². The molecule has 0 aliphatic carbocycles. The van der Waals surface area contributed by atoms with Crippen LogP contribution >= 0.6 is 0 Å². The van der Waals surface area contributed by atoms with Crippen molar-refractivity contribution in [3.8, 4) is 5.75 Å². The van der Waals surface area contributed by atoms with Crippen LogP contribution in [0.25, 0.3) is 10.9 Å². The Bertz CT molecular complexity index is 1050. The fourth-order valence-electron chi connectivity index (χ4n) is 4.13. The van der Waals surface area contributed by atoms with Crippen LogP contribution < -0.4 is 15.0 Å². The van der Waals surface area contributed by atoms with Gasteiger partial charge in [0.15, 0.2) is 0 Å². The third-order valence-corrected chi connectivity index (χ3v) is 6.19. The van der Waals surface area contributed by atoms with Crippen molar-refractivity contribution < 1.29 is 9.53 Å². The molecule has 4 rings (SSSR count). The Hall–Kier alpha value is -3.08. The molecule has 0 saturated carbocycles. The Labute approximate surface area is 184 Å². The number of carbonyl (C=O) groups is 1. The summed E-state index contributed by atoms with van der Waals surface area (Å²) >= 11 is 0. The minimum Gasteiger partial charge on any atom is -0.497 e. The molecule has 1 aliphatic rings. The summed E-state index contributed by atoms with van der Waals surface area (Å²) in [5.41, 5.74) is 4.10. The average Bonchev–Trinajstić information content (AvgIpc) is 2.79. The number of methoxy groups -OCH3 is 1. The number of nitrogens with zero attached hydrogens (tertiary/aromatic N) is 2. The SMILES string of the molecule is COc1ccc(CCC(=O)Nc2ccc3nc(N4CCC(C)CC4)cc(C)c3c2)cc1. The van der Waals surface area contributed by atoms with E-state index < -0.39 is 0 Å². The highest BCUT2D eigenvalue weighted by atomic mass is 16.5. The van der Waals surface area contributed by atoms with Gasteiger partial charge < -0.3 is 15.0 Å². The summed E-state index contributed by atoms with van der Waals surface area (Å²) < 4.78 is 5.18. The largest absolute Gasteiger partial charge is 0.497 e. The first-order valence-corrected chi connectivity index (χ1v) is 11.1. The first-order valence-electron chi connectivity index (χ1n) is 11.1. The van der Waals surface area contributed by atoms with Crippen LogP contribution in [0.5, 0.6) is 5.75 Å². The maximum absolute atomic E-state index is 12.5. The molecule has 2 aromatic carbocycles. The Balaban J connectivity index is 1.41. The fourth-order valence-corrected chi connectivity index (χ4v) is 4.13. The number of pyridine rings is 1. The average molecular weight is 418 g/mol. The quantitative estimate of drug-likeness (QED) is 0.587. The van der Waals surface area contributed by atoms with Crippen LogP contribution in [-0.4, -0.2) is 31.1 Å². The lowest BCUT2D eigenvalue weighted by Gasteiger charge is -2.31. The molecule has 5 heteroatoms. The van der Waals surface area contributed by atoms with Crippen LogP contribution in [-0.2, 0) is 11.2 Å². The van der Waals surface area contributed by atoms with Crippen molar-refractivity contribution in [3.05, 3.63) is 59.7 Å². The van der Waals surface area contributed by atoms with E-state index in [4.69, 9.17) is 9.72 Å². The first-order chi connectivity index (χ1) is 15.0. The van der Waals surface area contributed by atoms with E-state index in [9.17, 15) is 4.79 Å². The molecule has 1 amide bonds. The van der Waals surface area contributed by atoms with Gasteiger partial charge in [-0.05, 0) is 79.6 Å². The second-order valence-corrected chi connectivity index (χ2v) is 8.60. The van der Waals surface area contributed by atoms with Crippen molar-refractivity contribution in [2.24, 2.45) is 5.92 Å². The lowest BCUT2D eigenvalue weighted by Crippen LogP contribution is -2.33. The number of piperidine rings is 1. The maximum Gasteiger partial charge on any atom is 0.224 e. The topological polar surface area (TPSA) is 54.5 Å². The third kappa shape index (κ3) is 5.16. The summed E-state index contributed by atoms with van der Waals surface area (Å²) in [5, 5.41) is 4.12. The summed E-state index contributed by atoms with van der Waals surface area (Å²) in [6.07, 6.45) is 3.58. The molecular formula is C26H31N3O2. The minimum atomic E-state index is 0.0137. The summed E-state index contributed by atoms with van der Waals surface area (Å²) in [5.74, 6) is 2.70. The standard InChI is InChI=1S/C26H31N3O2/c1-18-12-14-29(15-13-18)25-16-19(2)23-17-21(7-10-24(23)28-25)27-26(30)11-6-20-4-8-22(31-3)9-5-20/h4-5,7-10,16-18H,6,11-15H2,1-3H3,(H,27,30). The summed E-state index contributed by atoms with van der Waals surface area (Å²) in [6.45, 7) is 6.58. The van der Waals surface area contributed by atoms with Gasteiger partial charge in [0.2, 0.25) is 5.91 Å². The van der Waals surface area contributed by atoms with Gasteiger partial charge in [-0.15, -0.1) is 0 Å². The van der Waals surface area contributed by atoms with Crippen LogP contribution in [0.15, 0.2) is 48.5 Å². The highest BCUT2D eigenvalue weighted by Crippen LogP contribution is 2.28. The van der Waals surface area contributed by atoms with Crippen molar-refractivity contribution in [3.63, 3.8) is 0 Å². The monoisotopic (exact) mass is 417 g/mol. The van der Waals surface area contributed by atoms with Gasteiger partial charge >= 0.3 is 0 Å². The molecule has 0 bridgehead atoms. The van der Waals surface area contributed by atoms with Gasteiger partial charge in [-0.25, -0.2) is 4.98 Å². The molecule has 0 spiro atoms. The molecule has 1 aromatic heterocycles. The van der Waals surface area contributed by atoms with Gasteiger partial charge in [0.05, 0.1) is 12.6 Å². The molecule has 1 saturated heterocycles. The Morgan fingerprint density at radius 2 is 1.87 bits per heavy atom. The van der Waals surface area contributed by atoms with Gasteiger partial charge in [-0.1, -0.05) is 19.1 Å². The van der Waals surface area contributed by atoms with E-state index in [0.717, 1.165) is 52.7 Å². The second kappa shape index (κ2) is 9.38. The molecule has 0 unspecified atom stereocenters. The number of ether oxygens (including phenoxy) is 1. The van der Waals surface area contributed by atoms with Gasteiger partial charge in [-0.2, -0.15) is 0 Å². The highest BCUT2D eigenvalue weighted by Gasteiger charge is 2.18. The Morgan fingerprint density at radius 1 is 1.13 bits per heavy atom. The second-order valence-electron chi connectivity index (χ2n) is 8.60. The molecule has 2 heterocycles. The molecule has 1 fully saturated rings. The van der Waals surface area contributed by atoms with E-state index in [1.807, 2.05) is 42.5 Å². The Morgan fingerprint density at radius 3 is 2.58 bits per heavy atom. The molecule has 0 atom stereocenters. The van der Waals surface area contributed by atoms with Gasteiger partial charge in [0.1, 0.15) is 11.6 Å². The van der Waals surface area contributed by atoms with Crippen LogP contribution in [0, 0.1) is 12.8 Å². The normalized spacial score (nSPS) is 14.6. The molecule has 5 nitrogen and oxygen atoms in total. The van der Waals surface area contributed by atoms with Crippen LogP contribution in [0.1, 0.15) is 37.3 Å². The first kappa shape index (κ1) is 21.2. The van der Waals surface area contributed by atoms with Crippen molar-refractivity contribution >= 4 is 28.3 Å². The number of aryl methyl sites for hydroxylation is 2. The van der Waals surface area contributed by atoms with Crippen LogP contribution in [0.2, 0.25) is 0 Å². The number of fused-ring (bicyclic) bond motifs is 1. The Kier molecular flexibility index (Phi) is 6.40. The maximum atomic E-state index is 12.5. The molecule has 0 radical (unpaired) electrons. The van der Waals surface area contributed by atoms with Crippen molar-refractivity contribution in [1.82, 2.24) is 4.98 Å². The van der Waals surface area contributed by atoms with Gasteiger partial charge in [0.25, 0.3) is 0 Å². The van der Waals surface area contributed by atoms with E-state index in [2.05, 4.69) is 30.1 Å². The third-order valence-electron chi connectivity index (χ3n) is 6.19. The molecule has 162 valence electrons. The predicted molar refractivity (Wildman–Crippen MR) is 127 cm³/mol. The number of amides is 1. The van der Waals surface area contributed by atoms with Crippen molar-refractivity contribution in [2.75, 3.05) is 30.4 Å². The number of aromatic nitrogens is 1. The van der Waals surface area contributed by atoms with Crippen LogP contribution in [0.3, 0.4) is 0 Å². The zero-order valence-corrected chi connectivity index (χ0v) is 18.6. The van der Waals surface area contributed by atoms with E-state index in [0.29, 0.717) is 12.8 Å². The molecule has 31 heavy (non-hydrogen) atoms. The molecule has 3 aromatic rings. The summed E-state index contributed by atoms with van der Waals surface area (Å²) in [4.78, 5) is 19.7. The number of hydrogen-bond acceptors (Lipinski definition) is 4. The highest BCUT2D eigenvalue weighted by molar-refractivity contribution is 5.94. The predicted octanol–water partition coefficient (Wildman–Crippen LogP) is 5.36. The zero-order chi connectivity index (χ0) is 21.8. The van der Waals surface area contributed by atoms with Crippen LogP contribution in [0.4, 0.5) is 11.5 Å². The smallest absolute Gasteiger partial charge is 0.224 e. The van der Waals surface area contributed by atoms with Gasteiger partial charge in [0, 0.05) is 30.6 Å². The minimum absolute atomic E-state index is 0.0137. The summed E-state index contributed by atoms with van der Waals surface area (Å²) in [6, 6.07) is 16.0. The number of nitrogens with one attached hydrogen (secondary N) is 1. The fraction of sp³-hybridized carbons (Fsp3) is 0.385. The number of hydrogen-bond donors (Lipinski definition) is 1. The lowest BCUT2D eigenvalue weighted by atomic mass is 9.99. The summed E-state index contributed by atoms with van der Waals surface area (Å²) in [7, 11) is 1.65. The molecular weight excluding hydrogens is 386 g/mol. The zero-order valence-electron chi connectivity index (χ0n) is 18.6. The number of carbonyl (C=O) groups excluding carboxylic acids is 1. The number of rotatable bonds is 6. The number of anilines is 2. The van der Waals surface area contributed by atoms with Gasteiger partial charge in [-0.3, -0.25) is 4.79 Å². The van der Waals surface area contributed by atoms with E-state index in [1.165, 1.54) is 18.4 Å².